The summed E-state index contributed by atoms with van der Waals surface area (Å²) in [4.78, 5) is 20.6. The average molecular weight is 570 g/mol. The highest BCUT2D eigenvalue weighted by molar-refractivity contribution is 7.99. The SMILES string of the molecule is CC1CCCCN1c1cc(Sc2ncccn2)nc(NC(=S)NCC2(c3ccc(Cl)cc3)CCOCC2)n1. The molecular formula is C27H32ClN7OS2. The van der Waals surface area contributed by atoms with Crippen molar-refractivity contribution in [3.63, 3.8) is 0 Å². The van der Waals surface area contributed by atoms with Gasteiger partial charge in [0.2, 0.25) is 5.95 Å². The third-order valence-electron chi connectivity index (χ3n) is 7.24. The first-order valence-electron chi connectivity index (χ1n) is 13.0. The number of rotatable bonds is 7. The van der Waals surface area contributed by atoms with Gasteiger partial charge in [0.25, 0.3) is 0 Å². The minimum absolute atomic E-state index is 0.0911. The van der Waals surface area contributed by atoms with E-state index in [1.54, 1.807) is 18.5 Å². The van der Waals surface area contributed by atoms with Gasteiger partial charge in [0.05, 0.1) is 0 Å². The van der Waals surface area contributed by atoms with Crippen LogP contribution in [0.15, 0.2) is 59.0 Å². The number of thiocarbonyl (C=S) groups is 1. The van der Waals surface area contributed by atoms with Crippen LogP contribution in [0.3, 0.4) is 0 Å². The van der Waals surface area contributed by atoms with Gasteiger partial charge in [0.15, 0.2) is 10.3 Å². The normalized spacial score (nSPS) is 19.1. The first-order valence-corrected chi connectivity index (χ1v) is 14.6. The molecule has 4 heterocycles. The number of nitrogens with zero attached hydrogens (tertiary/aromatic N) is 5. The van der Waals surface area contributed by atoms with E-state index in [-0.39, 0.29) is 5.41 Å². The van der Waals surface area contributed by atoms with Crippen molar-refractivity contribution in [2.45, 2.75) is 60.7 Å². The standard InChI is InChI=1S/C27H32ClN7OS2/c1-19-5-2-3-14-35(19)22-17-23(38-26-29-12-4-13-30-26)33-24(32-22)34-25(37)31-18-27(10-15-36-16-11-27)20-6-8-21(28)9-7-20/h4,6-9,12-13,17,19H,2-3,5,10-11,14-16,18H2,1H3,(H2,31,32,33,34,37). The predicted molar refractivity (Wildman–Crippen MR) is 156 cm³/mol. The zero-order valence-electron chi connectivity index (χ0n) is 21.4. The molecule has 0 amide bonds. The van der Waals surface area contributed by atoms with Crippen LogP contribution in [0.1, 0.15) is 44.6 Å². The lowest BCUT2D eigenvalue weighted by molar-refractivity contribution is 0.0515. The van der Waals surface area contributed by atoms with Crippen molar-refractivity contribution in [3.8, 4) is 0 Å². The van der Waals surface area contributed by atoms with Crippen LogP contribution < -0.4 is 15.5 Å². The van der Waals surface area contributed by atoms with E-state index in [0.717, 1.165) is 48.1 Å². The molecular weight excluding hydrogens is 538 g/mol. The third-order valence-corrected chi connectivity index (χ3v) is 8.55. The van der Waals surface area contributed by atoms with Gasteiger partial charge in [0, 0.05) is 61.2 Å². The van der Waals surface area contributed by atoms with Gasteiger partial charge in [-0.3, -0.25) is 0 Å². The van der Waals surface area contributed by atoms with Crippen LogP contribution >= 0.6 is 35.6 Å². The molecule has 3 aromatic rings. The number of nitrogens with one attached hydrogen (secondary N) is 2. The van der Waals surface area contributed by atoms with Crippen molar-refractivity contribution in [1.29, 1.82) is 0 Å². The number of hydrogen-bond donors (Lipinski definition) is 2. The fraction of sp³-hybridized carbons (Fsp3) is 0.444. The zero-order chi connectivity index (χ0) is 26.4. The Hall–Kier alpha value is -2.53. The van der Waals surface area contributed by atoms with Gasteiger partial charge in [-0.05, 0) is 86.8 Å². The quantitative estimate of drug-likeness (QED) is 0.216. The number of hydrogen-bond acceptors (Lipinski definition) is 8. The summed E-state index contributed by atoms with van der Waals surface area (Å²) in [6.07, 6.45) is 8.80. The van der Waals surface area contributed by atoms with Gasteiger partial charge < -0.3 is 20.3 Å². The smallest absolute Gasteiger partial charge is 0.232 e. The fourth-order valence-corrected chi connectivity index (χ4v) is 6.07. The Kier molecular flexibility index (Phi) is 8.93. The number of anilines is 2. The van der Waals surface area contributed by atoms with E-state index in [1.165, 1.54) is 23.7 Å². The van der Waals surface area contributed by atoms with Crippen molar-refractivity contribution < 1.29 is 4.74 Å². The van der Waals surface area contributed by atoms with Gasteiger partial charge in [0.1, 0.15) is 10.8 Å². The molecule has 200 valence electrons. The van der Waals surface area contributed by atoms with Crippen LogP contribution in [-0.2, 0) is 10.2 Å². The van der Waals surface area contributed by atoms with Crippen molar-refractivity contribution in [2.24, 2.45) is 0 Å². The Labute approximate surface area is 238 Å². The maximum atomic E-state index is 6.16. The molecule has 5 rings (SSSR count). The van der Waals surface area contributed by atoms with Gasteiger partial charge in [-0.1, -0.05) is 23.7 Å². The van der Waals surface area contributed by atoms with E-state index >= 15 is 0 Å². The van der Waals surface area contributed by atoms with E-state index in [9.17, 15) is 0 Å². The molecule has 8 nitrogen and oxygen atoms in total. The Morgan fingerprint density at radius 1 is 1.16 bits per heavy atom. The lowest BCUT2D eigenvalue weighted by atomic mass is 9.74. The van der Waals surface area contributed by atoms with Gasteiger partial charge in [-0.15, -0.1) is 0 Å². The largest absolute Gasteiger partial charge is 0.381 e. The number of halogens is 1. The van der Waals surface area contributed by atoms with E-state index in [1.807, 2.05) is 18.2 Å². The molecule has 38 heavy (non-hydrogen) atoms. The van der Waals surface area contributed by atoms with Gasteiger partial charge >= 0.3 is 0 Å². The predicted octanol–water partition coefficient (Wildman–Crippen LogP) is 5.48. The van der Waals surface area contributed by atoms with Crippen LogP contribution in [-0.4, -0.2) is 57.4 Å². The first kappa shape index (κ1) is 27.1. The van der Waals surface area contributed by atoms with Crippen LogP contribution in [0.4, 0.5) is 11.8 Å². The molecule has 0 radical (unpaired) electrons. The minimum Gasteiger partial charge on any atom is -0.381 e. The lowest BCUT2D eigenvalue weighted by Gasteiger charge is -2.38. The maximum Gasteiger partial charge on any atom is 0.232 e. The Balaban J connectivity index is 1.33. The summed E-state index contributed by atoms with van der Waals surface area (Å²) in [6.45, 7) is 5.32. The highest BCUT2D eigenvalue weighted by Gasteiger charge is 2.34. The van der Waals surface area contributed by atoms with Gasteiger partial charge in [-0.2, -0.15) is 4.98 Å². The van der Waals surface area contributed by atoms with E-state index in [4.69, 9.17) is 38.5 Å². The Morgan fingerprint density at radius 3 is 2.66 bits per heavy atom. The molecule has 2 saturated heterocycles. The van der Waals surface area contributed by atoms with Crippen LogP contribution in [0, 0.1) is 0 Å². The molecule has 1 aromatic carbocycles. The second-order valence-electron chi connectivity index (χ2n) is 9.77. The summed E-state index contributed by atoms with van der Waals surface area (Å²) in [5.74, 6) is 1.35. The number of aromatic nitrogens is 4. The fourth-order valence-electron chi connectivity index (χ4n) is 5.07. The molecule has 0 bridgehead atoms. The molecule has 0 spiro atoms. The highest BCUT2D eigenvalue weighted by Crippen LogP contribution is 2.35. The molecule has 11 heteroatoms. The van der Waals surface area contributed by atoms with Gasteiger partial charge in [-0.25, -0.2) is 15.0 Å². The molecule has 2 fully saturated rings. The van der Waals surface area contributed by atoms with Crippen LogP contribution in [0.25, 0.3) is 0 Å². The molecule has 1 atom stereocenters. The molecule has 2 aromatic heterocycles. The summed E-state index contributed by atoms with van der Waals surface area (Å²) in [6, 6.07) is 12.3. The van der Waals surface area contributed by atoms with Crippen molar-refractivity contribution in [1.82, 2.24) is 25.3 Å². The molecule has 2 aliphatic heterocycles. The molecule has 2 N–H and O–H groups in total. The number of ether oxygens (including phenoxy) is 1. The van der Waals surface area contributed by atoms with E-state index < -0.39 is 0 Å². The summed E-state index contributed by atoms with van der Waals surface area (Å²) in [5.41, 5.74) is 1.14. The number of piperidine rings is 1. The zero-order valence-corrected chi connectivity index (χ0v) is 23.8. The van der Waals surface area contributed by atoms with Crippen molar-refractivity contribution in [2.75, 3.05) is 36.5 Å². The Morgan fingerprint density at radius 2 is 1.92 bits per heavy atom. The summed E-state index contributed by atoms with van der Waals surface area (Å²) in [5, 5.41) is 9.31. The van der Waals surface area contributed by atoms with Crippen molar-refractivity contribution >= 4 is 52.5 Å². The molecule has 0 aliphatic carbocycles. The highest BCUT2D eigenvalue weighted by atomic mass is 35.5. The van der Waals surface area contributed by atoms with Crippen LogP contribution in [0.2, 0.25) is 5.02 Å². The lowest BCUT2D eigenvalue weighted by Crippen LogP contribution is -2.45. The van der Waals surface area contributed by atoms with E-state index in [0.29, 0.717) is 42.0 Å². The molecule has 2 aliphatic rings. The maximum absolute atomic E-state index is 6.16. The number of benzene rings is 1. The van der Waals surface area contributed by atoms with Crippen LogP contribution in [0.5, 0.6) is 0 Å². The second-order valence-corrected chi connectivity index (χ2v) is 11.6. The Bertz CT molecular complexity index is 1230. The monoisotopic (exact) mass is 569 g/mol. The summed E-state index contributed by atoms with van der Waals surface area (Å²) < 4.78 is 5.67. The first-order chi connectivity index (χ1) is 18.5. The molecule has 1 unspecified atom stereocenters. The average Bonchev–Trinajstić information content (AvgIpc) is 2.93. The third kappa shape index (κ3) is 6.72. The summed E-state index contributed by atoms with van der Waals surface area (Å²) in [7, 11) is 0. The second kappa shape index (κ2) is 12.5. The molecule has 0 saturated carbocycles. The topological polar surface area (TPSA) is 88.1 Å². The minimum atomic E-state index is -0.0911. The van der Waals surface area contributed by atoms with Crippen molar-refractivity contribution in [3.05, 3.63) is 59.4 Å². The van der Waals surface area contributed by atoms with E-state index in [2.05, 4.69) is 44.6 Å². The summed E-state index contributed by atoms with van der Waals surface area (Å²) >= 11 is 13.3.